The molecule has 1 amide bonds. The Labute approximate surface area is 136 Å². The fraction of sp³-hybridized carbons (Fsp3) is 0.350. The predicted octanol–water partition coefficient (Wildman–Crippen LogP) is 4.16. The van der Waals surface area contributed by atoms with Crippen molar-refractivity contribution in [3.63, 3.8) is 0 Å². The maximum atomic E-state index is 12.1. The van der Waals surface area contributed by atoms with Crippen LogP contribution in [0.3, 0.4) is 0 Å². The highest BCUT2D eigenvalue weighted by atomic mass is 16.5. The number of ether oxygens (including phenoxy) is 1. The van der Waals surface area contributed by atoms with Crippen LogP contribution in [0.1, 0.15) is 36.8 Å². The van der Waals surface area contributed by atoms with Crippen LogP contribution in [-0.2, 0) is 16.0 Å². The lowest BCUT2D eigenvalue weighted by atomic mass is 10.1. The molecule has 3 nitrogen and oxygen atoms in total. The maximum absolute atomic E-state index is 12.1. The van der Waals surface area contributed by atoms with Gasteiger partial charge in [-0.25, -0.2) is 0 Å². The highest BCUT2D eigenvalue weighted by molar-refractivity contribution is 5.91. The van der Waals surface area contributed by atoms with Crippen molar-refractivity contribution in [2.45, 2.75) is 38.2 Å². The van der Waals surface area contributed by atoms with Gasteiger partial charge in [-0.2, -0.15) is 0 Å². The molecule has 2 aliphatic rings. The number of hydrogen-bond acceptors (Lipinski definition) is 2. The zero-order chi connectivity index (χ0) is 15.6. The van der Waals surface area contributed by atoms with Crippen LogP contribution in [0.15, 0.2) is 42.5 Å². The lowest BCUT2D eigenvalue weighted by Crippen LogP contribution is -2.15. The molecule has 0 radical (unpaired) electrons. The molecule has 0 saturated carbocycles. The van der Waals surface area contributed by atoms with E-state index in [2.05, 4.69) is 41.7 Å². The normalized spacial score (nSPS) is 18.5. The molecule has 3 heteroatoms. The van der Waals surface area contributed by atoms with Crippen LogP contribution in [-0.4, -0.2) is 18.6 Å². The topological polar surface area (TPSA) is 38.3 Å². The van der Waals surface area contributed by atoms with Gasteiger partial charge in [0.25, 0.3) is 0 Å². The number of rotatable bonds is 4. The summed E-state index contributed by atoms with van der Waals surface area (Å²) < 4.78 is 5.57. The summed E-state index contributed by atoms with van der Waals surface area (Å²) >= 11 is 0. The minimum Gasteiger partial charge on any atom is -0.378 e. The summed E-state index contributed by atoms with van der Waals surface area (Å²) in [5, 5.41) is 3.03. The van der Waals surface area contributed by atoms with Gasteiger partial charge in [0.2, 0.25) is 5.91 Å². The molecule has 0 aromatic heterocycles. The SMILES string of the molecule is O=C(CC[C@@H]1CCCO1)Nc1ccc2c(c1)Cc1ccccc1-2. The Kier molecular flexibility index (Phi) is 3.88. The molecule has 1 atom stereocenters. The average molecular weight is 307 g/mol. The second-order valence-corrected chi connectivity index (χ2v) is 6.43. The van der Waals surface area contributed by atoms with Gasteiger partial charge in [0.1, 0.15) is 0 Å². The first kappa shape index (κ1) is 14.5. The second kappa shape index (κ2) is 6.17. The number of fused-ring (bicyclic) bond motifs is 3. The summed E-state index contributed by atoms with van der Waals surface area (Å²) in [7, 11) is 0. The Morgan fingerprint density at radius 2 is 2.00 bits per heavy atom. The number of hydrogen-bond donors (Lipinski definition) is 1. The molecule has 118 valence electrons. The first-order valence-electron chi connectivity index (χ1n) is 8.42. The van der Waals surface area contributed by atoms with E-state index in [1.54, 1.807) is 0 Å². The van der Waals surface area contributed by atoms with Crippen LogP contribution in [0, 0.1) is 0 Å². The van der Waals surface area contributed by atoms with E-state index in [0.717, 1.165) is 38.0 Å². The largest absolute Gasteiger partial charge is 0.378 e. The van der Waals surface area contributed by atoms with Gasteiger partial charge in [0.15, 0.2) is 0 Å². The van der Waals surface area contributed by atoms with Gasteiger partial charge in [0.05, 0.1) is 6.10 Å². The van der Waals surface area contributed by atoms with Crippen molar-refractivity contribution in [3.8, 4) is 11.1 Å². The third-order valence-corrected chi connectivity index (χ3v) is 4.79. The summed E-state index contributed by atoms with van der Waals surface area (Å²) in [5.41, 5.74) is 6.16. The molecular formula is C20H21NO2. The number of amides is 1. The summed E-state index contributed by atoms with van der Waals surface area (Å²) in [5.74, 6) is 0.0796. The molecule has 1 aliphatic carbocycles. The van der Waals surface area contributed by atoms with Gasteiger partial charge < -0.3 is 10.1 Å². The first-order valence-corrected chi connectivity index (χ1v) is 8.42. The van der Waals surface area contributed by atoms with Crippen molar-refractivity contribution in [1.82, 2.24) is 0 Å². The Morgan fingerprint density at radius 3 is 2.87 bits per heavy atom. The van der Waals surface area contributed by atoms with Crippen molar-refractivity contribution in [1.29, 1.82) is 0 Å². The number of carbonyl (C=O) groups is 1. The molecule has 1 fully saturated rings. The summed E-state index contributed by atoms with van der Waals surface area (Å²) in [4.78, 5) is 12.1. The minimum absolute atomic E-state index is 0.0796. The molecule has 2 aromatic carbocycles. The second-order valence-electron chi connectivity index (χ2n) is 6.43. The Bertz CT molecular complexity index is 732. The fourth-order valence-corrected chi connectivity index (χ4v) is 3.61. The first-order chi connectivity index (χ1) is 11.3. The van der Waals surface area contributed by atoms with Gasteiger partial charge in [-0.1, -0.05) is 30.3 Å². The summed E-state index contributed by atoms with van der Waals surface area (Å²) in [6.45, 7) is 0.845. The van der Waals surface area contributed by atoms with Crippen molar-refractivity contribution >= 4 is 11.6 Å². The smallest absolute Gasteiger partial charge is 0.224 e. The van der Waals surface area contributed by atoms with Crippen LogP contribution in [0.4, 0.5) is 5.69 Å². The number of carbonyl (C=O) groups excluding carboxylic acids is 1. The Morgan fingerprint density at radius 1 is 1.13 bits per heavy atom. The number of nitrogens with one attached hydrogen (secondary N) is 1. The standard InChI is InChI=1S/C20H21NO2/c22-20(10-8-17-5-3-11-23-17)21-16-7-9-19-15(13-16)12-14-4-1-2-6-18(14)19/h1-2,4,6-7,9,13,17H,3,5,8,10-12H2,(H,21,22)/t17-/m0/s1. The molecule has 1 heterocycles. The highest BCUT2D eigenvalue weighted by Gasteiger charge is 2.19. The van der Waals surface area contributed by atoms with E-state index in [9.17, 15) is 4.79 Å². The van der Waals surface area contributed by atoms with Crippen LogP contribution in [0.2, 0.25) is 0 Å². The molecule has 0 bridgehead atoms. The molecule has 0 spiro atoms. The summed E-state index contributed by atoms with van der Waals surface area (Å²) in [6, 6.07) is 14.7. The Balaban J connectivity index is 1.41. The molecule has 1 N–H and O–H groups in total. The van der Waals surface area contributed by atoms with E-state index < -0.39 is 0 Å². The van der Waals surface area contributed by atoms with Gasteiger partial charge in [-0.05, 0) is 60.1 Å². The van der Waals surface area contributed by atoms with E-state index in [-0.39, 0.29) is 12.0 Å². The zero-order valence-electron chi connectivity index (χ0n) is 13.2. The van der Waals surface area contributed by atoms with Crippen molar-refractivity contribution in [3.05, 3.63) is 53.6 Å². The van der Waals surface area contributed by atoms with Crippen LogP contribution >= 0.6 is 0 Å². The van der Waals surface area contributed by atoms with Crippen LogP contribution < -0.4 is 5.32 Å². The lowest BCUT2D eigenvalue weighted by molar-refractivity contribution is -0.116. The average Bonchev–Trinajstić information content (AvgIpc) is 3.20. The number of anilines is 1. The molecule has 4 rings (SSSR count). The molecule has 0 unspecified atom stereocenters. The third-order valence-electron chi connectivity index (χ3n) is 4.79. The Hall–Kier alpha value is -2.13. The third kappa shape index (κ3) is 3.02. The molecule has 23 heavy (non-hydrogen) atoms. The number of benzene rings is 2. The van der Waals surface area contributed by atoms with Gasteiger partial charge in [-0.3, -0.25) is 4.79 Å². The van der Waals surface area contributed by atoms with E-state index in [4.69, 9.17) is 4.74 Å². The van der Waals surface area contributed by atoms with Gasteiger partial charge >= 0.3 is 0 Å². The predicted molar refractivity (Wildman–Crippen MR) is 91.5 cm³/mol. The van der Waals surface area contributed by atoms with Crippen molar-refractivity contribution < 1.29 is 9.53 Å². The molecular weight excluding hydrogens is 286 g/mol. The van der Waals surface area contributed by atoms with Gasteiger partial charge in [-0.15, -0.1) is 0 Å². The lowest BCUT2D eigenvalue weighted by Gasteiger charge is -2.10. The maximum Gasteiger partial charge on any atom is 0.224 e. The monoisotopic (exact) mass is 307 g/mol. The zero-order valence-corrected chi connectivity index (χ0v) is 13.2. The van der Waals surface area contributed by atoms with Gasteiger partial charge in [0, 0.05) is 18.7 Å². The van der Waals surface area contributed by atoms with E-state index >= 15 is 0 Å². The molecule has 1 saturated heterocycles. The van der Waals surface area contributed by atoms with E-state index in [1.807, 2.05) is 6.07 Å². The van der Waals surface area contributed by atoms with Crippen LogP contribution in [0.5, 0.6) is 0 Å². The van der Waals surface area contributed by atoms with Crippen molar-refractivity contribution in [2.75, 3.05) is 11.9 Å². The molecule has 1 aliphatic heterocycles. The fourth-order valence-electron chi connectivity index (χ4n) is 3.61. The molecule has 2 aromatic rings. The van der Waals surface area contributed by atoms with E-state index in [0.29, 0.717) is 6.42 Å². The van der Waals surface area contributed by atoms with Crippen LogP contribution in [0.25, 0.3) is 11.1 Å². The van der Waals surface area contributed by atoms with Crippen molar-refractivity contribution in [2.24, 2.45) is 0 Å². The van der Waals surface area contributed by atoms with E-state index in [1.165, 1.54) is 22.3 Å². The summed E-state index contributed by atoms with van der Waals surface area (Å²) in [6.07, 6.45) is 4.78. The highest BCUT2D eigenvalue weighted by Crippen LogP contribution is 2.37. The quantitative estimate of drug-likeness (QED) is 0.786. The minimum atomic E-state index is 0.0796.